The molecule has 0 saturated carbocycles. The van der Waals surface area contributed by atoms with Crippen molar-refractivity contribution < 1.29 is 22.0 Å². The first-order valence-electron chi connectivity index (χ1n) is 10.3. The van der Waals surface area contributed by atoms with Crippen molar-refractivity contribution >= 4 is 11.4 Å². The van der Waals surface area contributed by atoms with Gasteiger partial charge in [-0.25, -0.2) is 22.0 Å². The number of rotatable bonds is 3. The van der Waals surface area contributed by atoms with Crippen LogP contribution in [0.4, 0.5) is 33.3 Å². The van der Waals surface area contributed by atoms with Gasteiger partial charge in [0.1, 0.15) is 0 Å². The van der Waals surface area contributed by atoms with E-state index in [0.29, 0.717) is 5.69 Å². The summed E-state index contributed by atoms with van der Waals surface area (Å²) in [6.45, 7) is 4.33. The number of benzene rings is 4. The molecule has 1 aliphatic rings. The third kappa shape index (κ3) is 3.20. The molecular formula is C27H18F5N. The molecule has 0 spiro atoms. The monoisotopic (exact) mass is 451 g/mol. The molecule has 0 heterocycles. The van der Waals surface area contributed by atoms with Crippen LogP contribution in [-0.4, -0.2) is 0 Å². The SMILES string of the molecule is CC1(C)c2ccccc2-c2ccc(Nc3ccc(-c4c(F)c(F)c(F)c(F)c4F)cc3)cc21. The second-order valence-corrected chi connectivity index (χ2v) is 8.58. The van der Waals surface area contributed by atoms with E-state index in [4.69, 9.17) is 0 Å². The van der Waals surface area contributed by atoms with E-state index < -0.39 is 34.6 Å². The lowest BCUT2D eigenvalue weighted by atomic mass is 9.82. The number of halogens is 5. The Bertz CT molecular complexity index is 1380. The fourth-order valence-electron chi connectivity index (χ4n) is 4.53. The molecule has 33 heavy (non-hydrogen) atoms. The van der Waals surface area contributed by atoms with E-state index >= 15 is 0 Å². The van der Waals surface area contributed by atoms with Gasteiger partial charge in [0.2, 0.25) is 5.82 Å². The van der Waals surface area contributed by atoms with Gasteiger partial charge < -0.3 is 5.32 Å². The third-order valence-electron chi connectivity index (χ3n) is 6.26. The molecule has 0 amide bonds. The van der Waals surface area contributed by atoms with Crippen LogP contribution in [0.2, 0.25) is 0 Å². The van der Waals surface area contributed by atoms with Crippen LogP contribution in [0, 0.1) is 29.1 Å². The van der Waals surface area contributed by atoms with Gasteiger partial charge >= 0.3 is 0 Å². The van der Waals surface area contributed by atoms with E-state index in [9.17, 15) is 22.0 Å². The molecule has 0 saturated heterocycles. The van der Waals surface area contributed by atoms with Gasteiger partial charge in [-0.15, -0.1) is 0 Å². The molecule has 1 aliphatic carbocycles. The van der Waals surface area contributed by atoms with E-state index in [2.05, 4.69) is 43.4 Å². The van der Waals surface area contributed by atoms with Gasteiger partial charge in [-0.3, -0.25) is 0 Å². The van der Waals surface area contributed by atoms with Crippen molar-refractivity contribution in [3.05, 3.63) is 107 Å². The number of hydrogen-bond donors (Lipinski definition) is 1. The minimum Gasteiger partial charge on any atom is -0.356 e. The molecular weight excluding hydrogens is 433 g/mol. The summed E-state index contributed by atoms with van der Waals surface area (Å²) >= 11 is 0. The smallest absolute Gasteiger partial charge is 0.200 e. The highest BCUT2D eigenvalue weighted by molar-refractivity contribution is 5.83. The standard InChI is InChI=1S/C27H18F5N/c1-27(2)19-6-4-3-5-17(19)18-12-11-16(13-20(18)27)33-15-9-7-14(8-10-15)21-22(28)24(30)26(32)25(31)23(21)29/h3-13,33H,1-2H3. The Morgan fingerprint density at radius 3 is 1.79 bits per heavy atom. The molecule has 4 aromatic carbocycles. The number of nitrogens with one attached hydrogen (secondary N) is 1. The van der Waals surface area contributed by atoms with Crippen LogP contribution < -0.4 is 5.32 Å². The van der Waals surface area contributed by atoms with E-state index in [-0.39, 0.29) is 11.0 Å². The first kappa shape index (κ1) is 21.2. The molecule has 0 atom stereocenters. The van der Waals surface area contributed by atoms with Crippen molar-refractivity contribution in [1.82, 2.24) is 0 Å². The molecule has 166 valence electrons. The molecule has 0 bridgehead atoms. The number of anilines is 2. The highest BCUT2D eigenvalue weighted by Gasteiger charge is 2.35. The van der Waals surface area contributed by atoms with Crippen LogP contribution >= 0.6 is 0 Å². The number of fused-ring (bicyclic) bond motifs is 3. The summed E-state index contributed by atoms with van der Waals surface area (Å²) in [4.78, 5) is 0. The maximum atomic E-state index is 14.1. The molecule has 4 aromatic rings. The first-order chi connectivity index (χ1) is 15.7. The van der Waals surface area contributed by atoms with Crippen LogP contribution in [0.15, 0.2) is 66.7 Å². The Hall–Kier alpha value is -3.67. The van der Waals surface area contributed by atoms with E-state index in [1.54, 1.807) is 0 Å². The quantitative estimate of drug-likeness (QED) is 0.189. The van der Waals surface area contributed by atoms with Crippen molar-refractivity contribution in [3.63, 3.8) is 0 Å². The second kappa shape index (κ2) is 7.44. The van der Waals surface area contributed by atoms with Gasteiger partial charge in [-0.05, 0) is 52.1 Å². The molecule has 6 heteroatoms. The lowest BCUT2D eigenvalue weighted by Gasteiger charge is -2.22. The molecule has 5 rings (SSSR count). The van der Waals surface area contributed by atoms with E-state index in [1.165, 1.54) is 46.5 Å². The highest BCUT2D eigenvalue weighted by Crippen LogP contribution is 2.49. The summed E-state index contributed by atoms with van der Waals surface area (Å²) in [7, 11) is 0. The largest absolute Gasteiger partial charge is 0.356 e. The minimum atomic E-state index is -2.17. The summed E-state index contributed by atoms with van der Waals surface area (Å²) in [5.41, 5.74) is 5.00. The first-order valence-corrected chi connectivity index (χ1v) is 10.3. The maximum absolute atomic E-state index is 14.1. The highest BCUT2D eigenvalue weighted by atomic mass is 19.2. The normalized spacial score (nSPS) is 13.5. The topological polar surface area (TPSA) is 12.0 Å². The van der Waals surface area contributed by atoms with Gasteiger partial charge in [-0.1, -0.05) is 56.3 Å². The molecule has 0 radical (unpaired) electrons. The van der Waals surface area contributed by atoms with Crippen molar-refractivity contribution in [2.45, 2.75) is 19.3 Å². The fraction of sp³-hybridized carbons (Fsp3) is 0.111. The molecule has 0 aromatic heterocycles. The predicted octanol–water partition coefficient (Wildman–Crippen LogP) is 8.10. The molecule has 0 unspecified atom stereocenters. The van der Waals surface area contributed by atoms with Crippen molar-refractivity contribution in [1.29, 1.82) is 0 Å². The fourth-order valence-corrected chi connectivity index (χ4v) is 4.53. The van der Waals surface area contributed by atoms with E-state index in [0.717, 1.165) is 5.69 Å². The lowest BCUT2D eigenvalue weighted by Crippen LogP contribution is -2.15. The van der Waals surface area contributed by atoms with Gasteiger partial charge in [0, 0.05) is 16.8 Å². The van der Waals surface area contributed by atoms with Crippen molar-refractivity contribution in [2.75, 3.05) is 5.32 Å². The maximum Gasteiger partial charge on any atom is 0.200 e. The average Bonchev–Trinajstić information content (AvgIpc) is 3.04. The van der Waals surface area contributed by atoms with Crippen LogP contribution in [-0.2, 0) is 5.41 Å². The van der Waals surface area contributed by atoms with Crippen LogP contribution in [0.25, 0.3) is 22.3 Å². The Morgan fingerprint density at radius 1 is 0.576 bits per heavy atom. The summed E-state index contributed by atoms with van der Waals surface area (Å²) in [6, 6.07) is 20.0. The molecule has 1 nitrogen and oxygen atoms in total. The Balaban J connectivity index is 1.46. The van der Waals surface area contributed by atoms with Crippen LogP contribution in [0.3, 0.4) is 0 Å². The van der Waals surface area contributed by atoms with Crippen molar-refractivity contribution in [3.8, 4) is 22.3 Å². The van der Waals surface area contributed by atoms with Crippen molar-refractivity contribution in [2.24, 2.45) is 0 Å². The summed E-state index contributed by atoms with van der Waals surface area (Å²) in [5.74, 6) is -9.81. The van der Waals surface area contributed by atoms with Gasteiger partial charge in [-0.2, -0.15) is 0 Å². The zero-order valence-corrected chi connectivity index (χ0v) is 17.7. The summed E-state index contributed by atoms with van der Waals surface area (Å²) in [6.07, 6.45) is 0. The second-order valence-electron chi connectivity index (χ2n) is 8.58. The predicted molar refractivity (Wildman–Crippen MR) is 119 cm³/mol. The lowest BCUT2D eigenvalue weighted by molar-refractivity contribution is 0.381. The Morgan fingerprint density at radius 2 is 1.12 bits per heavy atom. The zero-order chi connectivity index (χ0) is 23.5. The van der Waals surface area contributed by atoms with Crippen LogP contribution in [0.5, 0.6) is 0 Å². The van der Waals surface area contributed by atoms with Gasteiger partial charge in [0.05, 0.1) is 5.56 Å². The average molecular weight is 451 g/mol. The molecule has 0 fully saturated rings. The number of hydrogen-bond acceptors (Lipinski definition) is 1. The summed E-state index contributed by atoms with van der Waals surface area (Å²) in [5, 5.41) is 3.24. The Labute approximate surface area is 187 Å². The molecule has 1 N–H and O–H groups in total. The zero-order valence-electron chi connectivity index (χ0n) is 17.7. The minimum absolute atomic E-state index is 0.112. The van der Waals surface area contributed by atoms with Crippen LogP contribution in [0.1, 0.15) is 25.0 Å². The summed E-state index contributed by atoms with van der Waals surface area (Å²) < 4.78 is 68.6. The van der Waals surface area contributed by atoms with Gasteiger partial charge in [0.25, 0.3) is 0 Å². The Kier molecular flexibility index (Phi) is 4.78. The van der Waals surface area contributed by atoms with E-state index in [1.807, 2.05) is 18.2 Å². The molecule has 0 aliphatic heterocycles. The van der Waals surface area contributed by atoms with Gasteiger partial charge in [0.15, 0.2) is 23.3 Å². The third-order valence-corrected chi connectivity index (χ3v) is 6.26.